The average molecular weight is 370 g/mol. The third-order valence-electron chi connectivity index (χ3n) is 5.43. The first-order valence-corrected chi connectivity index (χ1v) is 9.62. The van der Waals surface area contributed by atoms with Gasteiger partial charge in [0.1, 0.15) is 11.4 Å². The highest BCUT2D eigenvalue weighted by Crippen LogP contribution is 2.36. The van der Waals surface area contributed by atoms with Gasteiger partial charge in [0.15, 0.2) is 5.82 Å². The number of aromatic nitrogens is 4. The second-order valence-corrected chi connectivity index (χ2v) is 7.92. The van der Waals surface area contributed by atoms with E-state index in [4.69, 9.17) is 4.98 Å². The fourth-order valence-electron chi connectivity index (χ4n) is 4.03. The molecule has 0 bridgehead atoms. The standard InChI is InChI=1S/C23H22N4O/c1-23(2,28)22-24-13-17(14-25-22)16-8-9-18-20(12-16)27-19(10-11-21(27)26-18)15-6-4-3-5-7-15/h3-9,12-14,19,28H,10-11H2,1-2H3. The monoisotopic (exact) mass is 370 g/mol. The van der Waals surface area contributed by atoms with Gasteiger partial charge in [-0.1, -0.05) is 36.4 Å². The smallest absolute Gasteiger partial charge is 0.159 e. The molecule has 1 aliphatic rings. The van der Waals surface area contributed by atoms with E-state index < -0.39 is 5.60 Å². The van der Waals surface area contributed by atoms with Crippen LogP contribution in [0.15, 0.2) is 60.9 Å². The molecule has 5 nitrogen and oxygen atoms in total. The van der Waals surface area contributed by atoms with Gasteiger partial charge in [-0.3, -0.25) is 0 Å². The Bertz CT molecular complexity index is 1140. The fourth-order valence-corrected chi connectivity index (χ4v) is 4.03. The van der Waals surface area contributed by atoms with Crippen molar-refractivity contribution in [3.63, 3.8) is 0 Å². The molecule has 3 heterocycles. The predicted molar refractivity (Wildman–Crippen MR) is 109 cm³/mol. The van der Waals surface area contributed by atoms with Crippen molar-refractivity contribution in [1.29, 1.82) is 0 Å². The molecule has 0 radical (unpaired) electrons. The van der Waals surface area contributed by atoms with Crippen LogP contribution >= 0.6 is 0 Å². The Morgan fingerprint density at radius 1 is 1.00 bits per heavy atom. The Hall–Kier alpha value is -3.05. The van der Waals surface area contributed by atoms with E-state index >= 15 is 0 Å². The number of fused-ring (bicyclic) bond motifs is 3. The van der Waals surface area contributed by atoms with Crippen molar-refractivity contribution in [2.24, 2.45) is 0 Å². The molecule has 1 atom stereocenters. The molecule has 0 amide bonds. The zero-order valence-corrected chi connectivity index (χ0v) is 16.0. The highest BCUT2D eigenvalue weighted by Gasteiger charge is 2.27. The van der Waals surface area contributed by atoms with Crippen molar-refractivity contribution < 1.29 is 5.11 Å². The van der Waals surface area contributed by atoms with Crippen molar-refractivity contribution >= 4 is 11.0 Å². The van der Waals surface area contributed by atoms with E-state index in [1.807, 2.05) is 0 Å². The molecule has 0 saturated carbocycles. The highest BCUT2D eigenvalue weighted by atomic mass is 16.3. The Labute approximate surface area is 163 Å². The molecule has 0 spiro atoms. The molecule has 0 saturated heterocycles. The van der Waals surface area contributed by atoms with Gasteiger partial charge in [0, 0.05) is 24.4 Å². The molecule has 4 aromatic rings. The molecule has 140 valence electrons. The van der Waals surface area contributed by atoms with Gasteiger partial charge in [0.25, 0.3) is 0 Å². The lowest BCUT2D eigenvalue weighted by Gasteiger charge is -2.16. The summed E-state index contributed by atoms with van der Waals surface area (Å²) in [7, 11) is 0. The lowest BCUT2D eigenvalue weighted by Crippen LogP contribution is -2.19. The number of benzene rings is 2. The second kappa shape index (κ2) is 6.24. The van der Waals surface area contributed by atoms with E-state index in [0.717, 1.165) is 40.8 Å². The first-order chi connectivity index (χ1) is 13.5. The molecular formula is C23H22N4O. The molecule has 0 fully saturated rings. The zero-order valence-electron chi connectivity index (χ0n) is 16.0. The van der Waals surface area contributed by atoms with Crippen LogP contribution < -0.4 is 0 Å². The summed E-state index contributed by atoms with van der Waals surface area (Å²) in [5.74, 6) is 1.57. The minimum atomic E-state index is -1.04. The summed E-state index contributed by atoms with van der Waals surface area (Å²) in [5, 5.41) is 10.1. The number of nitrogens with zero attached hydrogens (tertiary/aromatic N) is 4. The summed E-state index contributed by atoms with van der Waals surface area (Å²) in [6.07, 6.45) is 5.62. The molecule has 28 heavy (non-hydrogen) atoms. The van der Waals surface area contributed by atoms with Crippen molar-refractivity contribution in [2.45, 2.75) is 38.3 Å². The van der Waals surface area contributed by atoms with Crippen LogP contribution in [0, 0.1) is 0 Å². The van der Waals surface area contributed by atoms with Gasteiger partial charge in [-0.25, -0.2) is 15.0 Å². The number of rotatable bonds is 3. The SMILES string of the molecule is CC(C)(O)c1ncc(-c2ccc3nc4n(c3c2)C(c2ccccc2)CC4)cn1. The quantitative estimate of drug-likeness (QED) is 0.585. The summed E-state index contributed by atoms with van der Waals surface area (Å²) in [5.41, 5.74) is 4.43. The summed E-state index contributed by atoms with van der Waals surface area (Å²) in [4.78, 5) is 13.5. The number of aryl methyl sites for hydroxylation is 1. The topological polar surface area (TPSA) is 63.8 Å². The van der Waals surface area contributed by atoms with Crippen LogP contribution in [0.2, 0.25) is 0 Å². The lowest BCUT2D eigenvalue weighted by molar-refractivity contribution is 0.0687. The third kappa shape index (κ3) is 2.79. The van der Waals surface area contributed by atoms with Crippen LogP contribution in [0.3, 0.4) is 0 Å². The van der Waals surface area contributed by atoms with Gasteiger partial charge >= 0.3 is 0 Å². The van der Waals surface area contributed by atoms with E-state index in [0.29, 0.717) is 11.9 Å². The van der Waals surface area contributed by atoms with Crippen LogP contribution in [-0.4, -0.2) is 24.6 Å². The summed E-state index contributed by atoms with van der Waals surface area (Å²) >= 11 is 0. The maximum absolute atomic E-state index is 10.1. The Kier molecular flexibility index (Phi) is 3.81. The molecule has 2 aromatic carbocycles. The van der Waals surface area contributed by atoms with Gasteiger partial charge in [-0.2, -0.15) is 0 Å². The van der Waals surface area contributed by atoms with Crippen LogP contribution in [-0.2, 0) is 12.0 Å². The highest BCUT2D eigenvalue weighted by molar-refractivity contribution is 5.83. The summed E-state index contributed by atoms with van der Waals surface area (Å²) in [6, 6.07) is 17.3. The fraction of sp³-hybridized carbons (Fsp3) is 0.261. The van der Waals surface area contributed by atoms with Crippen LogP contribution in [0.4, 0.5) is 0 Å². The van der Waals surface area contributed by atoms with E-state index in [9.17, 15) is 5.11 Å². The molecule has 5 rings (SSSR count). The van der Waals surface area contributed by atoms with Crippen LogP contribution in [0.1, 0.15) is 43.5 Å². The third-order valence-corrected chi connectivity index (χ3v) is 5.43. The van der Waals surface area contributed by atoms with E-state index in [1.54, 1.807) is 26.2 Å². The van der Waals surface area contributed by atoms with Crippen molar-refractivity contribution in [3.8, 4) is 11.1 Å². The molecule has 2 aromatic heterocycles. The van der Waals surface area contributed by atoms with Crippen molar-refractivity contribution in [3.05, 3.63) is 78.1 Å². The summed E-state index contributed by atoms with van der Waals surface area (Å²) in [6.45, 7) is 3.38. The van der Waals surface area contributed by atoms with Gasteiger partial charge < -0.3 is 9.67 Å². The Morgan fingerprint density at radius 3 is 2.46 bits per heavy atom. The molecule has 1 unspecified atom stereocenters. The molecule has 5 heteroatoms. The number of aliphatic hydroxyl groups is 1. The maximum Gasteiger partial charge on any atom is 0.159 e. The van der Waals surface area contributed by atoms with Gasteiger partial charge in [-0.05, 0) is 43.5 Å². The van der Waals surface area contributed by atoms with Crippen molar-refractivity contribution in [2.75, 3.05) is 0 Å². The first-order valence-electron chi connectivity index (χ1n) is 9.62. The zero-order chi connectivity index (χ0) is 19.3. The van der Waals surface area contributed by atoms with E-state index in [-0.39, 0.29) is 0 Å². The minimum Gasteiger partial charge on any atom is -0.382 e. The second-order valence-electron chi connectivity index (χ2n) is 7.92. The molecular weight excluding hydrogens is 348 g/mol. The minimum absolute atomic E-state index is 0.324. The van der Waals surface area contributed by atoms with Crippen LogP contribution in [0.5, 0.6) is 0 Å². The lowest BCUT2D eigenvalue weighted by atomic mass is 10.0. The largest absolute Gasteiger partial charge is 0.382 e. The normalized spacial score (nSPS) is 16.5. The number of imidazole rings is 1. The van der Waals surface area contributed by atoms with E-state index in [1.165, 1.54) is 5.56 Å². The summed E-state index contributed by atoms with van der Waals surface area (Å²) < 4.78 is 2.38. The Morgan fingerprint density at radius 2 is 1.75 bits per heavy atom. The van der Waals surface area contributed by atoms with Gasteiger partial charge in [-0.15, -0.1) is 0 Å². The Balaban J connectivity index is 1.59. The predicted octanol–water partition coefficient (Wildman–Crippen LogP) is 4.26. The van der Waals surface area contributed by atoms with Gasteiger partial charge in [0.05, 0.1) is 17.1 Å². The van der Waals surface area contributed by atoms with Crippen molar-refractivity contribution in [1.82, 2.24) is 19.5 Å². The first kappa shape index (κ1) is 17.1. The number of hydrogen-bond acceptors (Lipinski definition) is 4. The average Bonchev–Trinajstić information content (AvgIpc) is 3.27. The van der Waals surface area contributed by atoms with Crippen LogP contribution in [0.25, 0.3) is 22.2 Å². The molecule has 0 aliphatic carbocycles. The number of hydrogen-bond donors (Lipinski definition) is 1. The molecule has 1 N–H and O–H groups in total. The maximum atomic E-state index is 10.1. The van der Waals surface area contributed by atoms with Gasteiger partial charge in [0.2, 0.25) is 0 Å². The molecule has 1 aliphatic heterocycles. The van der Waals surface area contributed by atoms with E-state index in [2.05, 4.69) is 63.1 Å².